The van der Waals surface area contributed by atoms with Crippen molar-refractivity contribution in [2.45, 2.75) is 88.9 Å². The Balaban J connectivity index is 1.40. The van der Waals surface area contributed by atoms with Crippen molar-refractivity contribution in [2.24, 2.45) is 11.8 Å². The van der Waals surface area contributed by atoms with Crippen LogP contribution in [0, 0.1) is 11.8 Å². The van der Waals surface area contributed by atoms with E-state index in [4.69, 9.17) is 4.98 Å². The van der Waals surface area contributed by atoms with Crippen LogP contribution in [-0.2, 0) is 11.2 Å². The number of rotatable bonds is 10. The van der Waals surface area contributed by atoms with Crippen LogP contribution in [-0.4, -0.2) is 43.5 Å². The highest BCUT2D eigenvalue weighted by molar-refractivity contribution is 5.94. The Morgan fingerprint density at radius 1 is 1.02 bits per heavy atom. The van der Waals surface area contributed by atoms with Crippen molar-refractivity contribution in [3.63, 3.8) is 0 Å². The van der Waals surface area contributed by atoms with Gasteiger partial charge in [-0.15, -0.1) is 0 Å². The van der Waals surface area contributed by atoms with Gasteiger partial charge >= 0.3 is 6.18 Å². The number of nitrogens with zero attached hydrogens (tertiary/aromatic N) is 4. The van der Waals surface area contributed by atoms with Gasteiger partial charge in [0, 0.05) is 31.7 Å². The standard InChI is InChI=1S/C29H33F5N6O2/c1-2-17-11-21(14-35-13-17)27(42)39-26(19-5-8-28(30,31)9-6-19)22-16-40-23(37-22)12-20(15-36-40)25(18-3-4-18)38-24(41)7-10-29(32,33)34/h11-16,18-19,25-26H,2-10H2,1H3,(H,38,41)(H,39,42)/t25?,26-/m0/s1. The van der Waals surface area contributed by atoms with Crippen LogP contribution >= 0.6 is 0 Å². The highest BCUT2D eigenvalue weighted by Gasteiger charge is 2.40. The number of aryl methyl sites for hydroxylation is 1. The smallest absolute Gasteiger partial charge is 0.349 e. The van der Waals surface area contributed by atoms with Crippen molar-refractivity contribution in [1.29, 1.82) is 0 Å². The summed E-state index contributed by atoms with van der Waals surface area (Å²) >= 11 is 0. The molecule has 2 saturated carbocycles. The van der Waals surface area contributed by atoms with Crippen LogP contribution in [0.2, 0.25) is 0 Å². The summed E-state index contributed by atoms with van der Waals surface area (Å²) < 4.78 is 67.3. The number of halogens is 5. The zero-order valence-corrected chi connectivity index (χ0v) is 23.1. The molecule has 2 aliphatic carbocycles. The number of nitrogens with one attached hydrogen (secondary N) is 2. The van der Waals surface area contributed by atoms with E-state index in [0.29, 0.717) is 28.9 Å². The maximum atomic E-state index is 14.0. The van der Waals surface area contributed by atoms with Crippen LogP contribution in [0.4, 0.5) is 22.0 Å². The summed E-state index contributed by atoms with van der Waals surface area (Å²) in [5.74, 6) is -4.02. The molecule has 3 aromatic heterocycles. The van der Waals surface area contributed by atoms with Gasteiger partial charge in [0.15, 0.2) is 5.65 Å². The number of hydrogen-bond donors (Lipinski definition) is 2. The van der Waals surface area contributed by atoms with Crippen LogP contribution in [0.1, 0.15) is 97.6 Å². The largest absolute Gasteiger partial charge is 0.389 e. The summed E-state index contributed by atoms with van der Waals surface area (Å²) in [5, 5.41) is 10.1. The zero-order chi connectivity index (χ0) is 30.1. The Morgan fingerprint density at radius 2 is 1.74 bits per heavy atom. The van der Waals surface area contributed by atoms with Crippen molar-refractivity contribution in [3.05, 3.63) is 59.3 Å². The van der Waals surface area contributed by atoms with Gasteiger partial charge in [-0.3, -0.25) is 14.6 Å². The lowest BCUT2D eigenvalue weighted by Crippen LogP contribution is -2.37. The maximum Gasteiger partial charge on any atom is 0.389 e. The summed E-state index contributed by atoms with van der Waals surface area (Å²) in [6, 6.07) is 2.29. The number of carbonyl (C=O) groups is 2. The molecule has 0 aromatic carbocycles. The average molecular weight is 593 g/mol. The second-order valence-corrected chi connectivity index (χ2v) is 11.3. The Bertz CT molecular complexity index is 1430. The Labute approximate surface area is 239 Å². The summed E-state index contributed by atoms with van der Waals surface area (Å²) in [6.07, 6.45) is 2.21. The van der Waals surface area contributed by atoms with Crippen molar-refractivity contribution >= 4 is 17.5 Å². The Hall–Kier alpha value is -3.64. The van der Waals surface area contributed by atoms with Crippen LogP contribution in [0.5, 0.6) is 0 Å². The molecular formula is C29H33F5N6O2. The molecule has 13 heteroatoms. The molecule has 2 amide bonds. The molecule has 2 aliphatic rings. The van der Waals surface area contributed by atoms with Crippen LogP contribution in [0.3, 0.4) is 0 Å². The van der Waals surface area contributed by atoms with Gasteiger partial charge in [0.1, 0.15) is 0 Å². The molecule has 1 unspecified atom stereocenters. The van der Waals surface area contributed by atoms with Gasteiger partial charge in [-0.2, -0.15) is 18.3 Å². The molecule has 0 spiro atoms. The second kappa shape index (κ2) is 11.9. The molecule has 42 heavy (non-hydrogen) atoms. The molecule has 0 radical (unpaired) electrons. The van der Waals surface area contributed by atoms with E-state index >= 15 is 0 Å². The predicted octanol–water partition coefficient (Wildman–Crippen LogP) is 5.89. The molecule has 0 bridgehead atoms. The van der Waals surface area contributed by atoms with Crippen LogP contribution in [0.15, 0.2) is 36.9 Å². The first-order chi connectivity index (χ1) is 19.9. The summed E-state index contributed by atoms with van der Waals surface area (Å²) in [6.45, 7) is 1.95. The zero-order valence-electron chi connectivity index (χ0n) is 23.1. The van der Waals surface area contributed by atoms with Gasteiger partial charge in [-0.25, -0.2) is 18.3 Å². The highest BCUT2D eigenvalue weighted by Crippen LogP contribution is 2.43. The molecule has 3 aromatic rings. The van der Waals surface area contributed by atoms with E-state index < -0.39 is 42.9 Å². The molecule has 3 heterocycles. The number of fused-ring (bicyclic) bond motifs is 1. The van der Waals surface area contributed by atoms with Crippen molar-refractivity contribution in [2.75, 3.05) is 0 Å². The fraction of sp³-hybridized carbons (Fsp3) is 0.552. The second-order valence-electron chi connectivity index (χ2n) is 11.3. The van der Waals surface area contributed by atoms with E-state index in [1.807, 2.05) is 6.92 Å². The highest BCUT2D eigenvalue weighted by atomic mass is 19.4. The fourth-order valence-corrected chi connectivity index (χ4v) is 5.49. The molecular weight excluding hydrogens is 559 g/mol. The summed E-state index contributed by atoms with van der Waals surface area (Å²) in [7, 11) is 0. The SMILES string of the molecule is CCc1cncc(C(=O)N[C@H](c2cn3ncc(C(NC(=O)CCC(F)(F)F)C4CC4)cc3n2)C2CCC(F)(F)CC2)c1. The van der Waals surface area contributed by atoms with Crippen LogP contribution < -0.4 is 10.6 Å². The first-order valence-corrected chi connectivity index (χ1v) is 14.2. The lowest BCUT2D eigenvalue weighted by molar-refractivity contribution is -0.144. The predicted molar refractivity (Wildman–Crippen MR) is 143 cm³/mol. The number of alkyl halides is 5. The minimum Gasteiger partial charge on any atom is -0.349 e. The van der Waals surface area contributed by atoms with Gasteiger partial charge in [0.05, 0.1) is 42.2 Å². The van der Waals surface area contributed by atoms with Crippen LogP contribution in [0.25, 0.3) is 5.65 Å². The molecule has 8 nitrogen and oxygen atoms in total. The topological polar surface area (TPSA) is 101 Å². The van der Waals surface area contributed by atoms with E-state index in [1.165, 1.54) is 10.7 Å². The van der Waals surface area contributed by atoms with Crippen molar-refractivity contribution < 1.29 is 31.5 Å². The molecule has 2 N–H and O–H groups in total. The monoisotopic (exact) mass is 592 g/mol. The Morgan fingerprint density at radius 3 is 2.40 bits per heavy atom. The minimum atomic E-state index is -4.42. The van der Waals surface area contributed by atoms with E-state index in [1.54, 1.807) is 30.7 Å². The van der Waals surface area contributed by atoms with Gasteiger partial charge in [-0.05, 0) is 67.2 Å². The average Bonchev–Trinajstić information content (AvgIpc) is 3.71. The molecule has 5 rings (SSSR count). The lowest BCUT2D eigenvalue weighted by Gasteiger charge is -2.33. The molecule has 226 valence electrons. The van der Waals surface area contributed by atoms with E-state index in [0.717, 1.165) is 18.4 Å². The lowest BCUT2D eigenvalue weighted by atomic mass is 9.81. The normalized spacial score (nSPS) is 18.9. The first kappa shape index (κ1) is 29.8. The summed E-state index contributed by atoms with van der Waals surface area (Å²) in [5.41, 5.74) is 2.73. The van der Waals surface area contributed by atoms with E-state index in [9.17, 15) is 31.5 Å². The number of imidazole rings is 1. The van der Waals surface area contributed by atoms with Gasteiger partial charge < -0.3 is 10.6 Å². The van der Waals surface area contributed by atoms with Crippen molar-refractivity contribution in [3.8, 4) is 0 Å². The summed E-state index contributed by atoms with van der Waals surface area (Å²) in [4.78, 5) is 34.4. The van der Waals surface area contributed by atoms with E-state index in [-0.39, 0.29) is 43.4 Å². The third-order valence-corrected chi connectivity index (χ3v) is 8.07. The number of aromatic nitrogens is 4. The number of pyridine rings is 1. The third-order valence-electron chi connectivity index (χ3n) is 8.07. The quantitative estimate of drug-likeness (QED) is 0.286. The number of carbonyl (C=O) groups excluding carboxylic acids is 2. The molecule has 0 aliphatic heterocycles. The van der Waals surface area contributed by atoms with E-state index in [2.05, 4.69) is 20.7 Å². The maximum absolute atomic E-state index is 14.0. The van der Waals surface area contributed by atoms with Gasteiger partial charge in [0.25, 0.3) is 5.91 Å². The molecule has 2 atom stereocenters. The van der Waals surface area contributed by atoms with Gasteiger partial charge in [-0.1, -0.05) is 6.92 Å². The number of hydrogen-bond acceptors (Lipinski definition) is 5. The first-order valence-electron chi connectivity index (χ1n) is 14.2. The fourth-order valence-electron chi connectivity index (χ4n) is 5.49. The van der Waals surface area contributed by atoms with Crippen molar-refractivity contribution in [1.82, 2.24) is 30.2 Å². The van der Waals surface area contributed by atoms with Gasteiger partial charge in [0.2, 0.25) is 11.8 Å². The third kappa shape index (κ3) is 7.40. The minimum absolute atomic E-state index is 0.0851. The Kier molecular flexibility index (Phi) is 8.47. The number of amides is 2. The molecule has 0 saturated heterocycles. The molecule has 2 fully saturated rings.